The van der Waals surface area contributed by atoms with Crippen molar-refractivity contribution in [3.63, 3.8) is 0 Å². The summed E-state index contributed by atoms with van der Waals surface area (Å²) < 4.78 is 6.42. The first-order valence-corrected chi connectivity index (χ1v) is 8.46. The molecule has 1 amide bonds. The number of ether oxygens (including phenoxy) is 1. The van der Waals surface area contributed by atoms with Gasteiger partial charge in [0.1, 0.15) is 11.4 Å². The Kier molecular flexibility index (Phi) is 5.67. The van der Waals surface area contributed by atoms with Gasteiger partial charge in [0, 0.05) is 30.3 Å². The zero-order chi connectivity index (χ0) is 16.2. The van der Waals surface area contributed by atoms with Crippen molar-refractivity contribution in [2.45, 2.75) is 39.2 Å². The van der Waals surface area contributed by atoms with Crippen LogP contribution in [0.5, 0.6) is 0 Å². The van der Waals surface area contributed by atoms with Crippen LogP contribution in [0.3, 0.4) is 0 Å². The molecule has 0 spiro atoms. The molecule has 1 atom stereocenters. The summed E-state index contributed by atoms with van der Waals surface area (Å²) in [6, 6.07) is 3.90. The third-order valence-corrected chi connectivity index (χ3v) is 3.94. The molecule has 2 heterocycles. The molecule has 0 aromatic carbocycles. The highest BCUT2D eigenvalue weighted by molar-refractivity contribution is 9.10. The number of halogens is 1. The van der Waals surface area contributed by atoms with Crippen molar-refractivity contribution >= 4 is 27.8 Å². The largest absolute Gasteiger partial charge is 0.444 e. The lowest BCUT2D eigenvalue weighted by molar-refractivity contribution is 0.0172. The summed E-state index contributed by atoms with van der Waals surface area (Å²) in [5.41, 5.74) is -0.441. The summed E-state index contributed by atoms with van der Waals surface area (Å²) in [5.74, 6) is 1.28. The number of pyridine rings is 1. The number of piperidine rings is 1. The van der Waals surface area contributed by atoms with E-state index in [2.05, 4.69) is 26.2 Å². The van der Waals surface area contributed by atoms with Gasteiger partial charge in [0.15, 0.2) is 0 Å². The Morgan fingerprint density at radius 1 is 1.50 bits per heavy atom. The van der Waals surface area contributed by atoms with Crippen molar-refractivity contribution < 1.29 is 9.53 Å². The second kappa shape index (κ2) is 7.31. The van der Waals surface area contributed by atoms with Crippen LogP contribution in [-0.4, -0.2) is 41.2 Å². The first-order valence-electron chi connectivity index (χ1n) is 7.67. The monoisotopic (exact) mass is 369 g/mol. The lowest BCUT2D eigenvalue weighted by Crippen LogP contribution is -2.44. The van der Waals surface area contributed by atoms with Crippen molar-refractivity contribution in [2.24, 2.45) is 5.92 Å². The molecule has 22 heavy (non-hydrogen) atoms. The van der Waals surface area contributed by atoms with Crippen molar-refractivity contribution in [3.8, 4) is 0 Å². The van der Waals surface area contributed by atoms with Crippen LogP contribution in [-0.2, 0) is 4.74 Å². The maximum absolute atomic E-state index is 12.1. The number of amides is 1. The third-order valence-electron chi connectivity index (χ3n) is 3.47. The van der Waals surface area contributed by atoms with Gasteiger partial charge in [-0.15, -0.1) is 0 Å². The molecule has 122 valence electrons. The van der Waals surface area contributed by atoms with Crippen LogP contribution >= 0.6 is 15.9 Å². The van der Waals surface area contributed by atoms with Crippen molar-refractivity contribution in [1.29, 1.82) is 0 Å². The van der Waals surface area contributed by atoms with Gasteiger partial charge in [0.2, 0.25) is 0 Å². The number of nitrogens with one attached hydrogen (secondary N) is 1. The Morgan fingerprint density at radius 3 is 2.91 bits per heavy atom. The molecule has 0 bridgehead atoms. The van der Waals surface area contributed by atoms with Crippen LogP contribution in [0.4, 0.5) is 10.6 Å². The Morgan fingerprint density at radius 2 is 2.27 bits per heavy atom. The van der Waals surface area contributed by atoms with Crippen molar-refractivity contribution in [2.75, 3.05) is 25.0 Å². The van der Waals surface area contributed by atoms with Crippen molar-refractivity contribution in [3.05, 3.63) is 22.8 Å². The molecule has 1 aromatic rings. The van der Waals surface area contributed by atoms with Crippen LogP contribution in [0.1, 0.15) is 33.6 Å². The van der Waals surface area contributed by atoms with Crippen LogP contribution in [0.15, 0.2) is 22.8 Å². The van der Waals surface area contributed by atoms with E-state index in [4.69, 9.17) is 4.74 Å². The Labute approximate surface area is 140 Å². The summed E-state index contributed by atoms with van der Waals surface area (Å²) in [6.07, 6.45) is 3.69. The van der Waals surface area contributed by atoms with Gasteiger partial charge in [-0.3, -0.25) is 0 Å². The summed E-state index contributed by atoms with van der Waals surface area (Å²) >= 11 is 3.37. The zero-order valence-corrected chi connectivity index (χ0v) is 15.0. The lowest BCUT2D eigenvalue weighted by atomic mass is 9.98. The van der Waals surface area contributed by atoms with Gasteiger partial charge >= 0.3 is 6.09 Å². The third kappa shape index (κ3) is 5.48. The smallest absolute Gasteiger partial charge is 0.410 e. The Bertz CT molecular complexity index is 499. The van der Waals surface area contributed by atoms with Crippen LogP contribution in [0.2, 0.25) is 0 Å². The van der Waals surface area contributed by atoms with Crippen LogP contribution in [0.25, 0.3) is 0 Å². The predicted molar refractivity (Wildman–Crippen MR) is 91.0 cm³/mol. The highest BCUT2D eigenvalue weighted by Gasteiger charge is 2.27. The van der Waals surface area contributed by atoms with Gasteiger partial charge in [-0.05, 0) is 67.6 Å². The lowest BCUT2D eigenvalue weighted by Gasteiger charge is -2.34. The predicted octanol–water partition coefficient (Wildman–Crippen LogP) is 3.90. The van der Waals surface area contributed by atoms with E-state index in [9.17, 15) is 4.79 Å². The van der Waals surface area contributed by atoms with E-state index in [0.717, 1.165) is 42.8 Å². The number of carbonyl (C=O) groups excluding carboxylic acids is 1. The van der Waals surface area contributed by atoms with Gasteiger partial charge in [-0.2, -0.15) is 0 Å². The van der Waals surface area contributed by atoms with E-state index in [0.29, 0.717) is 5.92 Å². The highest BCUT2D eigenvalue weighted by Crippen LogP contribution is 2.20. The molecule has 1 aliphatic heterocycles. The van der Waals surface area contributed by atoms with E-state index < -0.39 is 5.60 Å². The number of likely N-dealkylation sites (tertiary alicyclic amines) is 1. The number of hydrogen-bond acceptors (Lipinski definition) is 4. The average Bonchev–Trinajstić information content (AvgIpc) is 2.45. The standard InChI is InChI=1S/C16H24BrN3O2/c1-16(2,3)22-15(21)20-8-4-5-12(11-20)9-18-14-7-6-13(17)10-19-14/h6-7,10,12H,4-5,8-9,11H2,1-3H3,(H,18,19)/t12-/m1/s1. The highest BCUT2D eigenvalue weighted by atomic mass is 79.9. The zero-order valence-electron chi connectivity index (χ0n) is 13.4. The second-order valence-corrected chi connectivity index (χ2v) is 7.59. The fourth-order valence-electron chi connectivity index (χ4n) is 2.45. The van der Waals surface area contributed by atoms with E-state index in [-0.39, 0.29) is 6.09 Å². The summed E-state index contributed by atoms with van der Waals surface area (Å²) in [4.78, 5) is 18.3. The number of anilines is 1. The number of aromatic nitrogens is 1. The normalized spacial score (nSPS) is 18.9. The first kappa shape index (κ1) is 17.1. The topological polar surface area (TPSA) is 54.5 Å². The van der Waals surface area contributed by atoms with Gasteiger partial charge in [0.25, 0.3) is 0 Å². The number of nitrogens with zero attached hydrogens (tertiary/aromatic N) is 2. The maximum atomic E-state index is 12.1. The molecule has 1 saturated heterocycles. The molecular formula is C16H24BrN3O2. The first-order chi connectivity index (χ1) is 10.3. The Balaban J connectivity index is 1.82. The fraction of sp³-hybridized carbons (Fsp3) is 0.625. The van der Waals surface area contributed by atoms with Crippen LogP contribution < -0.4 is 5.32 Å². The molecule has 0 radical (unpaired) electrons. The van der Waals surface area contributed by atoms with E-state index in [1.807, 2.05) is 37.8 Å². The van der Waals surface area contributed by atoms with Gasteiger partial charge in [-0.1, -0.05) is 0 Å². The van der Waals surface area contributed by atoms with E-state index in [1.165, 1.54) is 0 Å². The molecule has 6 heteroatoms. The molecule has 1 aromatic heterocycles. The molecule has 5 nitrogen and oxygen atoms in total. The molecule has 1 aliphatic rings. The van der Waals surface area contributed by atoms with Gasteiger partial charge in [0.05, 0.1) is 0 Å². The van der Waals surface area contributed by atoms with E-state index in [1.54, 1.807) is 6.20 Å². The quantitative estimate of drug-likeness (QED) is 0.877. The summed E-state index contributed by atoms with van der Waals surface area (Å²) in [6.45, 7) is 8.02. The molecule has 1 fully saturated rings. The molecule has 0 unspecified atom stereocenters. The fourth-order valence-corrected chi connectivity index (χ4v) is 2.69. The minimum absolute atomic E-state index is 0.209. The molecule has 2 rings (SSSR count). The van der Waals surface area contributed by atoms with Crippen molar-refractivity contribution in [1.82, 2.24) is 9.88 Å². The average molecular weight is 370 g/mol. The minimum atomic E-state index is -0.441. The molecular weight excluding hydrogens is 346 g/mol. The second-order valence-electron chi connectivity index (χ2n) is 6.68. The van der Waals surface area contributed by atoms with Gasteiger partial charge in [-0.25, -0.2) is 9.78 Å². The SMILES string of the molecule is CC(C)(C)OC(=O)N1CCC[C@H](CNc2ccc(Br)cn2)C1. The molecule has 1 N–H and O–H groups in total. The molecule has 0 saturated carbocycles. The maximum Gasteiger partial charge on any atom is 0.410 e. The number of rotatable bonds is 3. The minimum Gasteiger partial charge on any atom is -0.444 e. The summed E-state index contributed by atoms with van der Waals surface area (Å²) in [7, 11) is 0. The number of carbonyl (C=O) groups is 1. The summed E-state index contributed by atoms with van der Waals surface area (Å²) in [5, 5.41) is 3.34. The Hall–Kier alpha value is -1.30. The molecule has 0 aliphatic carbocycles. The number of hydrogen-bond donors (Lipinski definition) is 1. The van der Waals surface area contributed by atoms with E-state index >= 15 is 0 Å². The van der Waals surface area contributed by atoms with Gasteiger partial charge < -0.3 is 15.0 Å². The van der Waals surface area contributed by atoms with Crippen LogP contribution in [0, 0.1) is 5.92 Å².